The standard InChI is InChI=1S/C26H25BrClFN2O3/c1-2-30-26(33)23(14-18-6-4-3-5-7-18)31(16-19-8-11-21(29)12-9-19)25(32)17-34-24-13-10-20(28)15-22(24)27/h3-13,15,23H,2,14,16-17H2,1H3,(H,30,33)/t23-/m1/s1. The molecule has 0 aliphatic carbocycles. The molecule has 34 heavy (non-hydrogen) atoms. The minimum Gasteiger partial charge on any atom is -0.483 e. The molecule has 3 aromatic carbocycles. The fraction of sp³-hybridized carbons (Fsp3) is 0.231. The molecule has 0 fully saturated rings. The first-order valence-corrected chi connectivity index (χ1v) is 12.0. The van der Waals surface area contributed by atoms with Gasteiger partial charge in [-0.1, -0.05) is 54.1 Å². The lowest BCUT2D eigenvalue weighted by Crippen LogP contribution is -2.51. The second-order valence-corrected chi connectivity index (χ2v) is 8.90. The molecule has 0 unspecified atom stereocenters. The maximum absolute atomic E-state index is 13.5. The third kappa shape index (κ3) is 7.30. The molecule has 0 heterocycles. The van der Waals surface area contributed by atoms with Crippen molar-refractivity contribution in [3.63, 3.8) is 0 Å². The summed E-state index contributed by atoms with van der Waals surface area (Å²) in [6.45, 7) is 2.09. The van der Waals surface area contributed by atoms with E-state index in [-0.39, 0.29) is 30.8 Å². The smallest absolute Gasteiger partial charge is 0.261 e. The second-order valence-electron chi connectivity index (χ2n) is 7.61. The van der Waals surface area contributed by atoms with E-state index in [0.717, 1.165) is 5.56 Å². The molecule has 0 aliphatic rings. The minimum absolute atomic E-state index is 0.124. The van der Waals surface area contributed by atoms with Crippen molar-refractivity contribution in [3.8, 4) is 5.75 Å². The molecule has 0 aromatic heterocycles. The summed E-state index contributed by atoms with van der Waals surface area (Å²) in [6, 6.07) is 19.6. The van der Waals surface area contributed by atoms with E-state index in [1.54, 1.807) is 30.3 Å². The summed E-state index contributed by atoms with van der Waals surface area (Å²) >= 11 is 9.36. The minimum atomic E-state index is -0.780. The number of likely N-dealkylation sites (N-methyl/N-ethyl adjacent to an activating group) is 1. The van der Waals surface area contributed by atoms with Crippen LogP contribution in [0.4, 0.5) is 4.39 Å². The van der Waals surface area contributed by atoms with Gasteiger partial charge in [-0.15, -0.1) is 0 Å². The van der Waals surface area contributed by atoms with Crippen LogP contribution >= 0.6 is 27.5 Å². The first-order chi connectivity index (χ1) is 16.4. The number of benzene rings is 3. The van der Waals surface area contributed by atoms with E-state index < -0.39 is 6.04 Å². The quantitative estimate of drug-likeness (QED) is 0.370. The highest BCUT2D eigenvalue weighted by Crippen LogP contribution is 2.28. The van der Waals surface area contributed by atoms with Crippen LogP contribution in [0.3, 0.4) is 0 Å². The van der Waals surface area contributed by atoms with Crippen LogP contribution in [0.1, 0.15) is 18.1 Å². The SMILES string of the molecule is CCNC(=O)[C@@H](Cc1ccccc1)N(Cc1ccc(F)cc1)C(=O)COc1ccc(Cl)cc1Br. The fourth-order valence-corrected chi connectivity index (χ4v) is 4.24. The number of ether oxygens (including phenoxy) is 1. The molecular formula is C26H25BrClFN2O3. The number of amides is 2. The van der Waals surface area contributed by atoms with Gasteiger partial charge in [0, 0.05) is 24.5 Å². The summed E-state index contributed by atoms with van der Waals surface area (Å²) < 4.78 is 19.8. The molecule has 2 amide bonds. The number of carbonyl (C=O) groups excluding carboxylic acids is 2. The lowest BCUT2D eigenvalue weighted by atomic mass is 10.0. The number of hydrogen-bond acceptors (Lipinski definition) is 3. The second kappa shape index (κ2) is 12.5. The highest BCUT2D eigenvalue weighted by molar-refractivity contribution is 9.10. The highest BCUT2D eigenvalue weighted by atomic mass is 79.9. The Morgan fingerprint density at radius 1 is 1.06 bits per heavy atom. The largest absolute Gasteiger partial charge is 0.483 e. The van der Waals surface area contributed by atoms with E-state index in [9.17, 15) is 14.0 Å². The van der Waals surface area contributed by atoms with Crippen LogP contribution in [0.25, 0.3) is 0 Å². The van der Waals surface area contributed by atoms with Crippen LogP contribution in [0.15, 0.2) is 77.3 Å². The van der Waals surface area contributed by atoms with Crippen molar-refractivity contribution in [1.82, 2.24) is 10.2 Å². The lowest BCUT2D eigenvalue weighted by molar-refractivity contribution is -0.142. The third-order valence-electron chi connectivity index (χ3n) is 5.13. The summed E-state index contributed by atoms with van der Waals surface area (Å²) in [4.78, 5) is 28.0. The Kier molecular flexibility index (Phi) is 9.48. The van der Waals surface area contributed by atoms with Crippen molar-refractivity contribution in [2.45, 2.75) is 25.9 Å². The topological polar surface area (TPSA) is 58.6 Å². The van der Waals surface area contributed by atoms with Gasteiger partial charge < -0.3 is 15.0 Å². The zero-order valence-corrected chi connectivity index (χ0v) is 21.0. The van der Waals surface area contributed by atoms with Gasteiger partial charge in [-0.05, 0) is 64.3 Å². The number of rotatable bonds is 10. The molecule has 178 valence electrons. The zero-order chi connectivity index (χ0) is 24.5. The summed E-state index contributed by atoms with van der Waals surface area (Å²) in [7, 11) is 0. The van der Waals surface area contributed by atoms with Gasteiger partial charge in [0.1, 0.15) is 17.6 Å². The third-order valence-corrected chi connectivity index (χ3v) is 5.99. The highest BCUT2D eigenvalue weighted by Gasteiger charge is 2.30. The number of carbonyl (C=O) groups is 2. The first kappa shape index (κ1) is 25.7. The van der Waals surface area contributed by atoms with Gasteiger partial charge >= 0.3 is 0 Å². The number of nitrogens with one attached hydrogen (secondary N) is 1. The monoisotopic (exact) mass is 546 g/mol. The molecule has 0 saturated carbocycles. The normalized spacial score (nSPS) is 11.5. The molecule has 0 radical (unpaired) electrons. The van der Waals surface area contributed by atoms with E-state index in [4.69, 9.17) is 16.3 Å². The van der Waals surface area contributed by atoms with E-state index in [1.165, 1.54) is 17.0 Å². The molecule has 3 rings (SSSR count). The average Bonchev–Trinajstić information content (AvgIpc) is 2.82. The Hall–Kier alpha value is -2.90. The predicted octanol–water partition coefficient (Wildman–Crippen LogP) is 5.40. The Morgan fingerprint density at radius 2 is 1.76 bits per heavy atom. The molecule has 3 aromatic rings. The molecular weight excluding hydrogens is 523 g/mol. The van der Waals surface area contributed by atoms with Crippen LogP contribution in [-0.4, -0.2) is 35.9 Å². The summed E-state index contributed by atoms with van der Waals surface area (Å²) in [5.74, 6) is -0.563. The van der Waals surface area contributed by atoms with Gasteiger partial charge in [-0.2, -0.15) is 0 Å². The van der Waals surface area contributed by atoms with Gasteiger partial charge in [-0.3, -0.25) is 9.59 Å². The molecule has 8 heteroatoms. The van der Waals surface area contributed by atoms with Crippen LogP contribution in [0, 0.1) is 5.82 Å². The summed E-state index contributed by atoms with van der Waals surface area (Å²) in [5, 5.41) is 3.36. The average molecular weight is 548 g/mol. The molecule has 1 atom stereocenters. The Labute approximate surface area is 212 Å². The number of nitrogens with zero attached hydrogens (tertiary/aromatic N) is 1. The molecule has 0 saturated heterocycles. The van der Waals surface area contributed by atoms with E-state index in [0.29, 0.717) is 33.8 Å². The maximum atomic E-state index is 13.5. The van der Waals surface area contributed by atoms with Gasteiger partial charge in [-0.25, -0.2) is 4.39 Å². The summed E-state index contributed by atoms with van der Waals surface area (Å²) in [6.07, 6.45) is 0.324. The van der Waals surface area contributed by atoms with Gasteiger partial charge in [0.15, 0.2) is 6.61 Å². The summed E-state index contributed by atoms with van der Waals surface area (Å²) in [5.41, 5.74) is 1.61. The van der Waals surface area contributed by atoms with Crippen LogP contribution in [-0.2, 0) is 22.6 Å². The van der Waals surface area contributed by atoms with E-state index in [2.05, 4.69) is 21.2 Å². The first-order valence-electron chi connectivity index (χ1n) is 10.8. The molecule has 0 aliphatic heterocycles. The van der Waals surface area contributed by atoms with Gasteiger partial charge in [0.25, 0.3) is 5.91 Å². The Bertz CT molecular complexity index is 1110. The van der Waals surface area contributed by atoms with Crippen LogP contribution in [0.2, 0.25) is 5.02 Å². The van der Waals surface area contributed by atoms with Crippen molar-refractivity contribution in [1.29, 1.82) is 0 Å². The van der Waals surface area contributed by atoms with E-state index in [1.807, 2.05) is 37.3 Å². The number of halogens is 3. The van der Waals surface area contributed by atoms with Crippen molar-refractivity contribution in [2.75, 3.05) is 13.2 Å². The van der Waals surface area contributed by atoms with E-state index >= 15 is 0 Å². The van der Waals surface area contributed by atoms with Crippen molar-refractivity contribution < 1.29 is 18.7 Å². The van der Waals surface area contributed by atoms with Crippen LogP contribution in [0.5, 0.6) is 5.75 Å². The van der Waals surface area contributed by atoms with Gasteiger partial charge in [0.05, 0.1) is 4.47 Å². The van der Waals surface area contributed by atoms with Crippen LogP contribution < -0.4 is 10.1 Å². The predicted molar refractivity (Wildman–Crippen MR) is 134 cm³/mol. The Morgan fingerprint density at radius 3 is 2.41 bits per heavy atom. The fourth-order valence-electron chi connectivity index (χ4n) is 3.45. The van der Waals surface area contributed by atoms with Crippen molar-refractivity contribution in [2.24, 2.45) is 0 Å². The van der Waals surface area contributed by atoms with Crippen molar-refractivity contribution in [3.05, 3.63) is 99.2 Å². The Balaban J connectivity index is 1.89. The lowest BCUT2D eigenvalue weighted by Gasteiger charge is -2.31. The van der Waals surface area contributed by atoms with Crippen molar-refractivity contribution >= 4 is 39.3 Å². The zero-order valence-electron chi connectivity index (χ0n) is 18.6. The molecule has 0 spiro atoms. The molecule has 5 nitrogen and oxygen atoms in total. The molecule has 0 bridgehead atoms. The molecule has 1 N–H and O–H groups in total. The van der Waals surface area contributed by atoms with Gasteiger partial charge in [0.2, 0.25) is 5.91 Å². The number of hydrogen-bond donors (Lipinski definition) is 1. The maximum Gasteiger partial charge on any atom is 0.261 e.